The van der Waals surface area contributed by atoms with Crippen molar-refractivity contribution in [3.05, 3.63) is 29.0 Å². The zero-order valence-electron chi connectivity index (χ0n) is 7.49. The topological polar surface area (TPSA) is 74.7 Å². The van der Waals surface area contributed by atoms with Crippen molar-refractivity contribution in [3.8, 4) is 6.19 Å². The number of thiocarbonyl (C=S) groups is 1. The van der Waals surface area contributed by atoms with E-state index in [1.807, 2.05) is 18.3 Å². The third kappa shape index (κ3) is 7.28. The number of aryl methyl sites for hydroxylation is 1. The molecule has 0 saturated carbocycles. The van der Waals surface area contributed by atoms with Crippen LogP contribution < -0.4 is 11.1 Å². The Morgan fingerprint density at radius 1 is 1.71 bits per heavy atom. The molecule has 1 aromatic heterocycles. The Bertz CT molecular complexity index is 309. The summed E-state index contributed by atoms with van der Waals surface area (Å²) in [6.45, 7) is 1.98. The molecule has 4 nitrogen and oxygen atoms in total. The Labute approximate surface area is 92.7 Å². The van der Waals surface area contributed by atoms with Gasteiger partial charge < -0.3 is 5.73 Å². The Balaban J connectivity index is 0.000000255. The van der Waals surface area contributed by atoms with Crippen LogP contribution in [0.2, 0.25) is 5.15 Å². The minimum Gasteiger partial charge on any atom is -0.376 e. The van der Waals surface area contributed by atoms with Crippen LogP contribution in [-0.2, 0) is 0 Å². The zero-order valence-corrected chi connectivity index (χ0v) is 9.06. The number of nitrogens with two attached hydrogens (primary N) is 1. The zero-order chi connectivity index (χ0) is 11.0. The molecule has 0 fully saturated rings. The van der Waals surface area contributed by atoms with Crippen LogP contribution in [0.5, 0.6) is 0 Å². The van der Waals surface area contributed by atoms with Crippen LogP contribution in [0.15, 0.2) is 18.3 Å². The largest absolute Gasteiger partial charge is 0.376 e. The van der Waals surface area contributed by atoms with E-state index in [0.717, 1.165) is 5.56 Å². The number of hydrogen-bond donors (Lipinski definition) is 2. The molecule has 0 spiro atoms. The van der Waals surface area contributed by atoms with Gasteiger partial charge in [0.15, 0.2) is 11.3 Å². The number of nitriles is 1. The summed E-state index contributed by atoms with van der Waals surface area (Å²) in [5.41, 5.74) is 5.93. The number of nitrogens with one attached hydrogen (secondary N) is 1. The minimum atomic E-state index is 0.0116. The Morgan fingerprint density at radius 3 is 2.57 bits per heavy atom. The van der Waals surface area contributed by atoms with Crippen molar-refractivity contribution < 1.29 is 0 Å². The lowest BCUT2D eigenvalue weighted by molar-refractivity contribution is 1.27. The van der Waals surface area contributed by atoms with Crippen molar-refractivity contribution in [2.24, 2.45) is 5.73 Å². The summed E-state index contributed by atoms with van der Waals surface area (Å²) in [6.07, 6.45) is 3.29. The maximum absolute atomic E-state index is 7.71. The van der Waals surface area contributed by atoms with Gasteiger partial charge >= 0.3 is 0 Å². The van der Waals surface area contributed by atoms with Gasteiger partial charge in [-0.05, 0) is 30.8 Å². The fourth-order valence-corrected chi connectivity index (χ4v) is 0.662. The van der Waals surface area contributed by atoms with Crippen LogP contribution in [0.3, 0.4) is 0 Å². The molecule has 0 saturated heterocycles. The van der Waals surface area contributed by atoms with Gasteiger partial charge in [0.05, 0.1) is 0 Å². The maximum atomic E-state index is 7.71. The van der Waals surface area contributed by atoms with E-state index in [1.54, 1.807) is 18.5 Å². The van der Waals surface area contributed by atoms with Crippen LogP contribution >= 0.6 is 23.8 Å². The van der Waals surface area contributed by atoms with E-state index < -0.39 is 0 Å². The van der Waals surface area contributed by atoms with Crippen LogP contribution in [0, 0.1) is 18.4 Å². The first-order valence-corrected chi connectivity index (χ1v) is 4.37. The summed E-state index contributed by atoms with van der Waals surface area (Å²) in [6, 6.07) is 3.70. The standard InChI is InChI=1S/C6H6ClN.C2H3N3S/c1-5-2-3-6(7)8-4-5;3-1-5-2(4)6/h2-4H,1H3;(H3,4,5,6). The van der Waals surface area contributed by atoms with E-state index in [9.17, 15) is 0 Å². The normalized spacial score (nSPS) is 7.79. The molecule has 0 bridgehead atoms. The number of hydrogen-bond acceptors (Lipinski definition) is 3. The molecule has 0 aliphatic rings. The first-order valence-electron chi connectivity index (χ1n) is 3.59. The molecule has 1 heterocycles. The molecule has 0 aliphatic carbocycles. The van der Waals surface area contributed by atoms with Gasteiger partial charge in [-0.15, -0.1) is 0 Å². The molecular weight excluding hydrogens is 220 g/mol. The lowest BCUT2D eigenvalue weighted by Crippen LogP contribution is -2.23. The van der Waals surface area contributed by atoms with Crippen LogP contribution in [0.25, 0.3) is 0 Å². The number of aromatic nitrogens is 1. The predicted octanol–water partition coefficient (Wildman–Crippen LogP) is 1.34. The van der Waals surface area contributed by atoms with Crippen molar-refractivity contribution in [2.45, 2.75) is 6.92 Å². The SMILES string of the molecule is Cc1ccc(Cl)nc1.N#CNC(N)=S. The lowest BCUT2D eigenvalue weighted by atomic mass is 10.3. The third-order valence-corrected chi connectivity index (χ3v) is 1.38. The van der Waals surface area contributed by atoms with E-state index in [1.165, 1.54) is 0 Å². The minimum absolute atomic E-state index is 0.0116. The average Bonchev–Trinajstić information content (AvgIpc) is 2.11. The molecule has 0 aliphatic heterocycles. The molecule has 0 radical (unpaired) electrons. The Hall–Kier alpha value is -1.38. The van der Waals surface area contributed by atoms with Crippen molar-refractivity contribution in [3.63, 3.8) is 0 Å². The summed E-state index contributed by atoms with van der Waals surface area (Å²) in [7, 11) is 0. The molecule has 3 N–H and O–H groups in total. The molecule has 1 rings (SSSR count). The molecule has 0 amide bonds. The van der Waals surface area contributed by atoms with Crippen molar-refractivity contribution >= 4 is 28.9 Å². The second kappa shape index (κ2) is 7.06. The average molecular weight is 229 g/mol. The van der Waals surface area contributed by atoms with Gasteiger partial charge in [-0.1, -0.05) is 17.7 Å². The maximum Gasteiger partial charge on any atom is 0.183 e. The molecule has 14 heavy (non-hydrogen) atoms. The molecule has 0 unspecified atom stereocenters. The summed E-state index contributed by atoms with van der Waals surface area (Å²) in [5, 5.41) is 10.3. The lowest BCUT2D eigenvalue weighted by Gasteiger charge is -1.87. The van der Waals surface area contributed by atoms with Crippen LogP contribution in [-0.4, -0.2) is 10.1 Å². The van der Waals surface area contributed by atoms with Gasteiger partial charge in [0.2, 0.25) is 0 Å². The van der Waals surface area contributed by atoms with E-state index in [0.29, 0.717) is 5.15 Å². The number of nitrogens with zero attached hydrogens (tertiary/aromatic N) is 2. The van der Waals surface area contributed by atoms with E-state index in [4.69, 9.17) is 22.6 Å². The summed E-state index contributed by atoms with van der Waals surface area (Å²) < 4.78 is 0. The van der Waals surface area contributed by atoms with Crippen molar-refractivity contribution in [2.75, 3.05) is 0 Å². The third-order valence-electron chi connectivity index (χ3n) is 1.05. The Kier molecular flexibility index (Phi) is 6.37. The van der Waals surface area contributed by atoms with Crippen molar-refractivity contribution in [1.29, 1.82) is 5.26 Å². The van der Waals surface area contributed by atoms with Gasteiger partial charge in [-0.25, -0.2) is 4.98 Å². The number of pyridine rings is 1. The highest BCUT2D eigenvalue weighted by atomic mass is 35.5. The summed E-state index contributed by atoms with van der Waals surface area (Å²) >= 11 is 9.74. The molecule has 0 aromatic carbocycles. The molecule has 6 heteroatoms. The molecule has 74 valence electrons. The quantitative estimate of drug-likeness (QED) is 0.303. The highest BCUT2D eigenvalue weighted by Crippen LogP contribution is 2.02. The highest BCUT2D eigenvalue weighted by molar-refractivity contribution is 7.80. The van der Waals surface area contributed by atoms with Gasteiger partial charge in [0, 0.05) is 6.20 Å². The fourth-order valence-electron chi connectivity index (χ4n) is 0.505. The first-order chi connectivity index (χ1) is 6.56. The van der Waals surface area contributed by atoms with E-state index >= 15 is 0 Å². The van der Waals surface area contributed by atoms with Gasteiger partial charge in [-0.3, -0.25) is 5.32 Å². The second-order valence-electron chi connectivity index (χ2n) is 2.26. The molecule has 0 atom stereocenters. The van der Waals surface area contributed by atoms with Gasteiger partial charge in [0.25, 0.3) is 0 Å². The number of halogens is 1. The molecule has 1 aromatic rings. The summed E-state index contributed by atoms with van der Waals surface area (Å²) in [4.78, 5) is 3.84. The smallest absolute Gasteiger partial charge is 0.183 e. The van der Waals surface area contributed by atoms with Gasteiger partial charge in [-0.2, -0.15) is 5.26 Å². The van der Waals surface area contributed by atoms with Gasteiger partial charge in [0.1, 0.15) is 5.15 Å². The van der Waals surface area contributed by atoms with E-state index in [-0.39, 0.29) is 5.11 Å². The second-order valence-corrected chi connectivity index (χ2v) is 3.09. The monoisotopic (exact) mass is 228 g/mol. The highest BCUT2D eigenvalue weighted by Gasteiger charge is 1.83. The van der Waals surface area contributed by atoms with Crippen LogP contribution in [0.4, 0.5) is 0 Å². The predicted molar refractivity (Wildman–Crippen MR) is 59.5 cm³/mol. The Morgan fingerprint density at radius 2 is 2.36 bits per heavy atom. The van der Waals surface area contributed by atoms with Crippen molar-refractivity contribution in [1.82, 2.24) is 10.3 Å². The van der Waals surface area contributed by atoms with E-state index in [2.05, 4.69) is 17.2 Å². The fraction of sp³-hybridized carbons (Fsp3) is 0.125. The first kappa shape index (κ1) is 12.6. The number of rotatable bonds is 0. The molecular formula is C8H9ClN4S. The summed E-state index contributed by atoms with van der Waals surface area (Å²) in [5.74, 6) is 0. The van der Waals surface area contributed by atoms with Crippen LogP contribution in [0.1, 0.15) is 5.56 Å².